The average Bonchev–Trinajstić information content (AvgIpc) is 2.48. The standard InChI is InChI=1S/C9H14N2OS/c1-7-6-13-9(11-7)5-8(12)3-2-4-10/h6H,2-5,10H2,1H3. The number of nitrogens with zero attached hydrogens (tertiary/aromatic N) is 1. The minimum atomic E-state index is 0.236. The lowest BCUT2D eigenvalue weighted by molar-refractivity contribution is -0.118. The molecule has 0 saturated carbocycles. The SMILES string of the molecule is Cc1csc(CC(=O)CCCN)n1. The van der Waals surface area contributed by atoms with Crippen LogP contribution in [0.2, 0.25) is 0 Å². The van der Waals surface area contributed by atoms with Gasteiger partial charge in [0.25, 0.3) is 0 Å². The Hall–Kier alpha value is -0.740. The number of carbonyl (C=O) groups excluding carboxylic acids is 1. The Labute approximate surface area is 82.0 Å². The summed E-state index contributed by atoms with van der Waals surface area (Å²) in [5.74, 6) is 0.236. The van der Waals surface area contributed by atoms with Gasteiger partial charge in [-0.3, -0.25) is 4.79 Å². The van der Waals surface area contributed by atoms with Gasteiger partial charge in [-0.05, 0) is 19.9 Å². The quantitative estimate of drug-likeness (QED) is 0.776. The van der Waals surface area contributed by atoms with E-state index in [4.69, 9.17) is 5.73 Å². The molecular formula is C9H14N2OS. The molecule has 0 saturated heterocycles. The summed E-state index contributed by atoms with van der Waals surface area (Å²) in [6, 6.07) is 0. The highest BCUT2D eigenvalue weighted by atomic mass is 32.1. The lowest BCUT2D eigenvalue weighted by Gasteiger charge is -1.95. The van der Waals surface area contributed by atoms with Crippen LogP contribution in [0.15, 0.2) is 5.38 Å². The summed E-state index contributed by atoms with van der Waals surface area (Å²) in [7, 11) is 0. The maximum absolute atomic E-state index is 11.3. The molecule has 1 heterocycles. The molecule has 1 rings (SSSR count). The van der Waals surface area contributed by atoms with Crippen LogP contribution >= 0.6 is 11.3 Å². The van der Waals surface area contributed by atoms with Gasteiger partial charge in [0, 0.05) is 17.5 Å². The van der Waals surface area contributed by atoms with Crippen LogP contribution in [0.4, 0.5) is 0 Å². The molecule has 0 atom stereocenters. The van der Waals surface area contributed by atoms with Gasteiger partial charge in [0.2, 0.25) is 0 Å². The molecule has 1 aromatic rings. The number of rotatable bonds is 5. The van der Waals surface area contributed by atoms with E-state index in [1.807, 2.05) is 12.3 Å². The zero-order valence-electron chi connectivity index (χ0n) is 7.75. The van der Waals surface area contributed by atoms with E-state index in [1.54, 1.807) is 11.3 Å². The number of ketones is 1. The maximum Gasteiger partial charge on any atom is 0.139 e. The van der Waals surface area contributed by atoms with Crippen molar-refractivity contribution in [3.63, 3.8) is 0 Å². The monoisotopic (exact) mass is 198 g/mol. The molecule has 3 nitrogen and oxygen atoms in total. The molecule has 0 radical (unpaired) electrons. The second-order valence-corrected chi connectivity index (χ2v) is 3.93. The van der Waals surface area contributed by atoms with Gasteiger partial charge in [-0.25, -0.2) is 4.98 Å². The Balaban J connectivity index is 2.36. The smallest absolute Gasteiger partial charge is 0.139 e. The summed E-state index contributed by atoms with van der Waals surface area (Å²) < 4.78 is 0. The molecule has 0 fully saturated rings. The minimum absolute atomic E-state index is 0.236. The third kappa shape index (κ3) is 3.65. The first-order valence-corrected chi connectivity index (χ1v) is 5.23. The van der Waals surface area contributed by atoms with Crippen LogP contribution in [0.3, 0.4) is 0 Å². The van der Waals surface area contributed by atoms with E-state index < -0.39 is 0 Å². The Kier molecular flexibility index (Phi) is 4.05. The Morgan fingerprint density at radius 2 is 2.46 bits per heavy atom. The number of aryl methyl sites for hydroxylation is 1. The summed E-state index contributed by atoms with van der Waals surface area (Å²) in [6.45, 7) is 2.52. The summed E-state index contributed by atoms with van der Waals surface area (Å²) >= 11 is 1.55. The van der Waals surface area contributed by atoms with Crippen molar-refractivity contribution in [2.75, 3.05) is 6.54 Å². The van der Waals surface area contributed by atoms with E-state index in [0.717, 1.165) is 17.1 Å². The number of thiazole rings is 1. The number of Topliss-reactive ketones (excluding diaryl/α,β-unsaturated/α-hetero) is 1. The van der Waals surface area contributed by atoms with Crippen molar-refractivity contribution in [2.45, 2.75) is 26.2 Å². The molecule has 0 aromatic carbocycles. The fourth-order valence-corrected chi connectivity index (χ4v) is 1.84. The Morgan fingerprint density at radius 3 is 3.00 bits per heavy atom. The van der Waals surface area contributed by atoms with Crippen LogP contribution in [0.25, 0.3) is 0 Å². The summed E-state index contributed by atoms with van der Waals surface area (Å²) in [5.41, 5.74) is 6.30. The largest absolute Gasteiger partial charge is 0.330 e. The summed E-state index contributed by atoms with van der Waals surface area (Å²) in [5, 5.41) is 2.88. The van der Waals surface area contributed by atoms with Crippen LogP contribution in [0.5, 0.6) is 0 Å². The topological polar surface area (TPSA) is 56.0 Å². The normalized spacial score (nSPS) is 10.3. The fourth-order valence-electron chi connectivity index (χ4n) is 1.04. The Morgan fingerprint density at radius 1 is 1.69 bits per heavy atom. The summed E-state index contributed by atoms with van der Waals surface area (Å²) in [6.07, 6.45) is 1.83. The number of carbonyl (C=O) groups is 1. The minimum Gasteiger partial charge on any atom is -0.330 e. The zero-order chi connectivity index (χ0) is 9.68. The average molecular weight is 198 g/mol. The van der Waals surface area contributed by atoms with Gasteiger partial charge in [-0.15, -0.1) is 11.3 Å². The molecule has 0 amide bonds. The molecule has 72 valence electrons. The highest BCUT2D eigenvalue weighted by molar-refractivity contribution is 7.09. The lowest BCUT2D eigenvalue weighted by Crippen LogP contribution is -2.06. The van der Waals surface area contributed by atoms with Crippen LogP contribution in [-0.4, -0.2) is 17.3 Å². The van der Waals surface area contributed by atoms with E-state index in [2.05, 4.69) is 4.98 Å². The van der Waals surface area contributed by atoms with Gasteiger partial charge in [-0.2, -0.15) is 0 Å². The van der Waals surface area contributed by atoms with E-state index >= 15 is 0 Å². The lowest BCUT2D eigenvalue weighted by atomic mass is 10.2. The predicted octanol–water partition coefficient (Wildman–Crippen LogP) is 1.30. The van der Waals surface area contributed by atoms with Gasteiger partial charge in [0.15, 0.2) is 0 Å². The van der Waals surface area contributed by atoms with Crippen molar-refractivity contribution in [3.8, 4) is 0 Å². The first kappa shape index (κ1) is 10.3. The van der Waals surface area contributed by atoms with Crippen molar-refractivity contribution >= 4 is 17.1 Å². The second kappa shape index (κ2) is 5.09. The predicted molar refractivity (Wildman–Crippen MR) is 53.9 cm³/mol. The van der Waals surface area contributed by atoms with Crippen molar-refractivity contribution in [1.82, 2.24) is 4.98 Å². The van der Waals surface area contributed by atoms with Crippen molar-refractivity contribution < 1.29 is 4.79 Å². The second-order valence-electron chi connectivity index (χ2n) is 2.99. The van der Waals surface area contributed by atoms with Crippen molar-refractivity contribution in [2.24, 2.45) is 5.73 Å². The van der Waals surface area contributed by atoms with Crippen LogP contribution in [0.1, 0.15) is 23.5 Å². The number of hydrogen-bond donors (Lipinski definition) is 1. The van der Waals surface area contributed by atoms with Crippen molar-refractivity contribution in [3.05, 3.63) is 16.1 Å². The third-order valence-corrected chi connectivity index (χ3v) is 2.64. The van der Waals surface area contributed by atoms with Gasteiger partial charge >= 0.3 is 0 Å². The maximum atomic E-state index is 11.3. The molecule has 13 heavy (non-hydrogen) atoms. The first-order valence-electron chi connectivity index (χ1n) is 4.35. The molecule has 0 bridgehead atoms. The van der Waals surface area contributed by atoms with Gasteiger partial charge in [0.05, 0.1) is 6.42 Å². The van der Waals surface area contributed by atoms with Crippen LogP contribution in [-0.2, 0) is 11.2 Å². The molecular weight excluding hydrogens is 184 g/mol. The van der Waals surface area contributed by atoms with Gasteiger partial charge in [-0.1, -0.05) is 0 Å². The first-order chi connectivity index (χ1) is 6.22. The highest BCUT2D eigenvalue weighted by Crippen LogP contribution is 2.10. The molecule has 1 aromatic heterocycles. The van der Waals surface area contributed by atoms with E-state index in [0.29, 0.717) is 19.4 Å². The van der Waals surface area contributed by atoms with Gasteiger partial charge < -0.3 is 5.73 Å². The molecule has 0 unspecified atom stereocenters. The van der Waals surface area contributed by atoms with E-state index in [-0.39, 0.29) is 5.78 Å². The fraction of sp³-hybridized carbons (Fsp3) is 0.556. The summed E-state index contributed by atoms with van der Waals surface area (Å²) in [4.78, 5) is 15.5. The van der Waals surface area contributed by atoms with Crippen molar-refractivity contribution in [1.29, 1.82) is 0 Å². The molecule has 0 aliphatic carbocycles. The highest BCUT2D eigenvalue weighted by Gasteiger charge is 2.05. The van der Waals surface area contributed by atoms with E-state index in [1.165, 1.54) is 0 Å². The molecule has 0 aliphatic rings. The molecule has 2 N–H and O–H groups in total. The van der Waals surface area contributed by atoms with Crippen LogP contribution in [0, 0.1) is 6.92 Å². The molecule has 0 spiro atoms. The number of hydrogen-bond acceptors (Lipinski definition) is 4. The van der Waals surface area contributed by atoms with Gasteiger partial charge in [0.1, 0.15) is 10.8 Å². The zero-order valence-corrected chi connectivity index (χ0v) is 8.56. The van der Waals surface area contributed by atoms with Crippen LogP contribution < -0.4 is 5.73 Å². The third-order valence-electron chi connectivity index (χ3n) is 1.67. The number of aromatic nitrogens is 1. The number of nitrogens with two attached hydrogens (primary N) is 1. The molecule has 4 heteroatoms. The Bertz CT molecular complexity index is 283. The molecule has 0 aliphatic heterocycles. The van der Waals surface area contributed by atoms with E-state index in [9.17, 15) is 4.79 Å².